The number of aromatic nitrogens is 1. The Hall–Kier alpha value is -0.730. The summed E-state index contributed by atoms with van der Waals surface area (Å²) in [6.45, 7) is 2.83. The summed E-state index contributed by atoms with van der Waals surface area (Å²) in [6, 6.07) is 3.41. The fourth-order valence-corrected chi connectivity index (χ4v) is 3.94. The lowest BCUT2D eigenvalue weighted by Gasteiger charge is -2.35. The zero-order chi connectivity index (χ0) is 14.9. The van der Waals surface area contributed by atoms with Crippen molar-refractivity contribution < 1.29 is 13.2 Å². The molecule has 0 saturated carbocycles. The largest absolute Gasteiger partial charge is 0.374 e. The molecule has 2 atom stereocenters. The second-order valence-corrected chi connectivity index (χ2v) is 7.57. The van der Waals surface area contributed by atoms with E-state index in [0.29, 0.717) is 12.6 Å². The first-order chi connectivity index (χ1) is 10.0. The second kappa shape index (κ2) is 6.18. The number of halogens is 1. The maximum Gasteiger partial charge on any atom is 0.242 e. The molecule has 116 valence electrons. The molecule has 1 aromatic rings. The molecule has 2 saturated heterocycles. The van der Waals surface area contributed by atoms with E-state index in [0.717, 1.165) is 13.1 Å². The zero-order valence-electron chi connectivity index (χ0n) is 11.5. The number of pyridine rings is 1. The Bertz CT molecular complexity index is 593. The van der Waals surface area contributed by atoms with Crippen LogP contribution in [0.5, 0.6) is 0 Å². The van der Waals surface area contributed by atoms with Crippen LogP contribution in [-0.4, -0.2) is 56.7 Å². The summed E-state index contributed by atoms with van der Waals surface area (Å²) in [5, 5.41) is 0.268. The number of nitrogens with one attached hydrogen (secondary N) is 1. The number of rotatable bonds is 4. The number of hydrogen-bond donors (Lipinski definition) is 1. The third-order valence-electron chi connectivity index (χ3n) is 3.97. The van der Waals surface area contributed by atoms with Gasteiger partial charge in [-0.25, -0.2) is 18.1 Å². The molecule has 3 heterocycles. The quantitative estimate of drug-likeness (QED) is 0.829. The first kappa shape index (κ1) is 15.2. The highest BCUT2D eigenvalue weighted by Crippen LogP contribution is 2.22. The van der Waals surface area contributed by atoms with E-state index in [-0.39, 0.29) is 22.7 Å². The van der Waals surface area contributed by atoms with E-state index in [2.05, 4.69) is 14.6 Å². The molecule has 2 fully saturated rings. The van der Waals surface area contributed by atoms with Gasteiger partial charge in [0.25, 0.3) is 0 Å². The van der Waals surface area contributed by atoms with Gasteiger partial charge in [-0.3, -0.25) is 4.90 Å². The van der Waals surface area contributed by atoms with Gasteiger partial charge in [0, 0.05) is 25.3 Å². The highest BCUT2D eigenvalue weighted by molar-refractivity contribution is 7.89. The first-order valence-corrected chi connectivity index (χ1v) is 8.87. The van der Waals surface area contributed by atoms with Crippen LogP contribution in [-0.2, 0) is 14.8 Å². The van der Waals surface area contributed by atoms with Crippen molar-refractivity contribution in [3.63, 3.8) is 0 Å². The standard InChI is InChI=1S/C13H18ClN3O3S/c14-13-4-3-12(7-15-13)21(18,19)16-6-11-8-17-5-1-2-10(17)9-20-11/h3-4,7,10-11,16H,1-2,5-6,8-9H2. The molecule has 2 aliphatic rings. The van der Waals surface area contributed by atoms with Gasteiger partial charge in [0.1, 0.15) is 10.0 Å². The smallest absolute Gasteiger partial charge is 0.242 e. The number of fused-ring (bicyclic) bond motifs is 1. The summed E-state index contributed by atoms with van der Waals surface area (Å²) in [7, 11) is -3.57. The predicted molar refractivity (Wildman–Crippen MR) is 78.8 cm³/mol. The van der Waals surface area contributed by atoms with E-state index < -0.39 is 10.0 Å². The molecule has 0 amide bonds. The molecule has 0 aromatic carbocycles. The van der Waals surface area contributed by atoms with Gasteiger partial charge in [-0.1, -0.05) is 11.6 Å². The minimum atomic E-state index is -3.57. The van der Waals surface area contributed by atoms with E-state index in [1.807, 2.05) is 0 Å². The Morgan fingerprint density at radius 3 is 3.10 bits per heavy atom. The minimum absolute atomic E-state index is 0.102. The molecule has 0 radical (unpaired) electrons. The minimum Gasteiger partial charge on any atom is -0.374 e. The summed E-state index contributed by atoms with van der Waals surface area (Å²) in [4.78, 5) is 6.28. The van der Waals surface area contributed by atoms with Crippen molar-refractivity contribution in [1.82, 2.24) is 14.6 Å². The summed E-state index contributed by atoms with van der Waals surface area (Å²) >= 11 is 5.66. The van der Waals surface area contributed by atoms with E-state index in [4.69, 9.17) is 16.3 Å². The summed E-state index contributed by atoms with van der Waals surface area (Å²) in [5.41, 5.74) is 0. The van der Waals surface area contributed by atoms with Crippen LogP contribution in [0.4, 0.5) is 0 Å². The Kier molecular flexibility index (Phi) is 4.46. The molecular formula is C13H18ClN3O3S. The monoisotopic (exact) mass is 331 g/mol. The third kappa shape index (κ3) is 3.54. The average Bonchev–Trinajstić information content (AvgIpc) is 2.93. The van der Waals surface area contributed by atoms with Crippen molar-refractivity contribution in [2.45, 2.75) is 29.9 Å². The fourth-order valence-electron chi connectivity index (χ4n) is 2.82. The van der Waals surface area contributed by atoms with Gasteiger partial charge >= 0.3 is 0 Å². The molecule has 0 aliphatic carbocycles. The van der Waals surface area contributed by atoms with E-state index in [1.54, 1.807) is 0 Å². The number of morpholine rings is 1. The van der Waals surface area contributed by atoms with Crippen molar-refractivity contribution in [2.24, 2.45) is 0 Å². The number of ether oxygens (including phenoxy) is 1. The maximum absolute atomic E-state index is 12.2. The number of hydrogen-bond acceptors (Lipinski definition) is 5. The third-order valence-corrected chi connectivity index (χ3v) is 5.61. The molecule has 0 bridgehead atoms. The molecule has 1 N–H and O–H groups in total. The lowest BCUT2D eigenvalue weighted by Crippen LogP contribution is -2.50. The van der Waals surface area contributed by atoms with Crippen LogP contribution in [0.3, 0.4) is 0 Å². The van der Waals surface area contributed by atoms with Gasteiger partial charge in [0.15, 0.2) is 0 Å². The van der Waals surface area contributed by atoms with Crippen LogP contribution in [0.15, 0.2) is 23.2 Å². The van der Waals surface area contributed by atoms with Gasteiger partial charge in [-0.15, -0.1) is 0 Å². The van der Waals surface area contributed by atoms with E-state index in [1.165, 1.54) is 31.2 Å². The molecule has 21 heavy (non-hydrogen) atoms. The number of nitrogens with zero attached hydrogens (tertiary/aromatic N) is 2. The Morgan fingerprint density at radius 1 is 1.48 bits per heavy atom. The van der Waals surface area contributed by atoms with Crippen LogP contribution in [0.1, 0.15) is 12.8 Å². The topological polar surface area (TPSA) is 71.5 Å². The zero-order valence-corrected chi connectivity index (χ0v) is 13.1. The molecular weight excluding hydrogens is 314 g/mol. The highest BCUT2D eigenvalue weighted by atomic mass is 35.5. The molecule has 6 nitrogen and oxygen atoms in total. The van der Waals surface area contributed by atoms with E-state index >= 15 is 0 Å². The van der Waals surface area contributed by atoms with Crippen LogP contribution < -0.4 is 4.72 Å². The molecule has 3 rings (SSSR count). The van der Waals surface area contributed by atoms with Gasteiger partial charge in [-0.05, 0) is 31.5 Å². The second-order valence-electron chi connectivity index (χ2n) is 5.41. The summed E-state index contributed by atoms with van der Waals surface area (Å²) < 4.78 is 32.6. The van der Waals surface area contributed by atoms with Gasteiger partial charge < -0.3 is 4.74 Å². The SMILES string of the molecule is O=S(=O)(NCC1CN2CCCC2CO1)c1ccc(Cl)nc1. The lowest BCUT2D eigenvalue weighted by molar-refractivity contribution is -0.0449. The molecule has 8 heteroatoms. The maximum atomic E-state index is 12.2. The van der Waals surface area contributed by atoms with Crippen LogP contribution in [0.2, 0.25) is 5.15 Å². The molecule has 0 spiro atoms. The fraction of sp³-hybridized carbons (Fsp3) is 0.615. The Balaban J connectivity index is 1.58. The molecule has 2 unspecified atom stereocenters. The first-order valence-electron chi connectivity index (χ1n) is 7.01. The van der Waals surface area contributed by atoms with Crippen molar-refractivity contribution in [3.8, 4) is 0 Å². The summed E-state index contributed by atoms with van der Waals surface area (Å²) in [5.74, 6) is 0. The van der Waals surface area contributed by atoms with Crippen LogP contribution in [0.25, 0.3) is 0 Å². The molecule has 1 aromatic heterocycles. The van der Waals surface area contributed by atoms with Crippen LogP contribution >= 0.6 is 11.6 Å². The van der Waals surface area contributed by atoms with Crippen molar-refractivity contribution in [1.29, 1.82) is 0 Å². The van der Waals surface area contributed by atoms with Crippen molar-refractivity contribution in [3.05, 3.63) is 23.5 Å². The molecule has 2 aliphatic heterocycles. The Morgan fingerprint density at radius 2 is 2.33 bits per heavy atom. The van der Waals surface area contributed by atoms with Crippen molar-refractivity contribution >= 4 is 21.6 Å². The Labute approximate surface area is 129 Å². The average molecular weight is 332 g/mol. The van der Waals surface area contributed by atoms with Gasteiger partial charge in [0.2, 0.25) is 10.0 Å². The summed E-state index contributed by atoms with van der Waals surface area (Å²) in [6.07, 6.45) is 3.52. The van der Waals surface area contributed by atoms with Crippen molar-refractivity contribution in [2.75, 3.05) is 26.2 Å². The van der Waals surface area contributed by atoms with E-state index in [9.17, 15) is 8.42 Å². The lowest BCUT2D eigenvalue weighted by atomic mass is 10.2. The normalized spacial score (nSPS) is 26.7. The highest BCUT2D eigenvalue weighted by Gasteiger charge is 2.32. The predicted octanol–water partition coefficient (Wildman–Crippen LogP) is 0.876. The van der Waals surface area contributed by atoms with Crippen LogP contribution in [0, 0.1) is 0 Å². The number of sulfonamides is 1. The van der Waals surface area contributed by atoms with Gasteiger partial charge in [0.05, 0.1) is 12.7 Å². The van der Waals surface area contributed by atoms with Gasteiger partial charge in [-0.2, -0.15) is 0 Å².